The third kappa shape index (κ3) is 2.11. The number of carboxylic acids is 1. The zero-order valence-electron chi connectivity index (χ0n) is 10.5. The van der Waals surface area contributed by atoms with E-state index < -0.39 is 5.97 Å². The Morgan fingerprint density at radius 1 is 1.28 bits per heavy atom. The second kappa shape index (κ2) is 4.82. The maximum atomic E-state index is 11.2. The molecule has 0 saturated carbocycles. The van der Waals surface area contributed by atoms with E-state index in [0.717, 1.165) is 22.3 Å². The van der Waals surface area contributed by atoms with Crippen molar-refractivity contribution in [2.45, 2.75) is 13.8 Å². The Balaban J connectivity index is 2.70. The lowest BCUT2D eigenvalue weighted by molar-refractivity contribution is 0.0698. The molecule has 0 aliphatic carbocycles. The van der Waals surface area contributed by atoms with Gasteiger partial charge in [0.1, 0.15) is 5.75 Å². The van der Waals surface area contributed by atoms with Crippen LogP contribution in [0.3, 0.4) is 0 Å². The summed E-state index contributed by atoms with van der Waals surface area (Å²) in [6.45, 7) is 3.96. The molecule has 3 nitrogen and oxygen atoms in total. The number of aromatic carboxylic acids is 1. The summed E-state index contributed by atoms with van der Waals surface area (Å²) in [7, 11) is 1.60. The minimum absolute atomic E-state index is 0.324. The van der Waals surface area contributed by atoms with Gasteiger partial charge in [0.25, 0.3) is 0 Å². The smallest absolute Gasteiger partial charge is 0.337 e. The first kappa shape index (κ1) is 12.6. The molecule has 2 rings (SSSR count). The molecule has 1 aromatic heterocycles. The van der Waals surface area contributed by atoms with Gasteiger partial charge in [0.2, 0.25) is 0 Å². The molecular weight excluding hydrogens is 248 g/mol. The fourth-order valence-electron chi connectivity index (χ4n) is 2.09. The minimum Gasteiger partial charge on any atom is -0.496 e. The first-order valence-corrected chi connectivity index (χ1v) is 6.44. The summed E-state index contributed by atoms with van der Waals surface area (Å²) in [4.78, 5) is 11.2. The third-order valence-corrected chi connectivity index (χ3v) is 3.57. The van der Waals surface area contributed by atoms with Crippen molar-refractivity contribution in [1.82, 2.24) is 0 Å². The highest BCUT2D eigenvalue weighted by atomic mass is 32.1. The molecule has 2 aromatic rings. The van der Waals surface area contributed by atoms with E-state index in [0.29, 0.717) is 11.3 Å². The minimum atomic E-state index is -0.909. The lowest BCUT2D eigenvalue weighted by atomic mass is 9.97. The molecule has 0 unspecified atom stereocenters. The number of carboxylic acid groups (broad SMARTS) is 1. The molecule has 0 amide bonds. The molecule has 0 spiro atoms. The summed E-state index contributed by atoms with van der Waals surface area (Å²) in [6.07, 6.45) is 0. The number of carbonyl (C=O) groups is 1. The number of ether oxygens (including phenoxy) is 1. The van der Waals surface area contributed by atoms with Crippen LogP contribution in [0.25, 0.3) is 11.1 Å². The molecular formula is C14H14O3S. The maximum absolute atomic E-state index is 11.2. The van der Waals surface area contributed by atoms with Gasteiger partial charge in [-0.2, -0.15) is 11.3 Å². The number of aryl methyl sites for hydroxylation is 2. The van der Waals surface area contributed by atoms with Gasteiger partial charge in [-0.3, -0.25) is 0 Å². The van der Waals surface area contributed by atoms with Crippen LogP contribution in [-0.4, -0.2) is 18.2 Å². The second-order valence-corrected chi connectivity index (χ2v) is 4.91. The second-order valence-electron chi connectivity index (χ2n) is 4.16. The monoisotopic (exact) mass is 262 g/mol. The number of thiophene rings is 1. The van der Waals surface area contributed by atoms with Gasteiger partial charge in [-0.25, -0.2) is 4.79 Å². The summed E-state index contributed by atoms with van der Waals surface area (Å²) in [6, 6.07) is 3.95. The number of hydrogen-bond donors (Lipinski definition) is 1. The number of methoxy groups -OCH3 is 1. The normalized spacial score (nSPS) is 10.4. The third-order valence-electron chi connectivity index (χ3n) is 2.83. The van der Waals surface area contributed by atoms with Gasteiger partial charge in [-0.15, -0.1) is 0 Å². The quantitative estimate of drug-likeness (QED) is 0.916. The average molecular weight is 262 g/mol. The van der Waals surface area contributed by atoms with Crippen molar-refractivity contribution in [3.63, 3.8) is 0 Å². The molecule has 4 heteroatoms. The van der Waals surface area contributed by atoms with Gasteiger partial charge in [0, 0.05) is 16.5 Å². The van der Waals surface area contributed by atoms with Crippen LogP contribution in [0.15, 0.2) is 22.9 Å². The predicted molar refractivity (Wildman–Crippen MR) is 72.7 cm³/mol. The Labute approximate surface area is 110 Å². The fourth-order valence-corrected chi connectivity index (χ4v) is 2.90. The van der Waals surface area contributed by atoms with Crippen LogP contribution >= 0.6 is 11.3 Å². The van der Waals surface area contributed by atoms with E-state index in [2.05, 4.69) is 0 Å². The van der Waals surface area contributed by atoms with E-state index in [1.54, 1.807) is 12.5 Å². The summed E-state index contributed by atoms with van der Waals surface area (Å²) < 4.78 is 5.38. The topological polar surface area (TPSA) is 46.5 Å². The van der Waals surface area contributed by atoms with Crippen molar-refractivity contribution >= 4 is 17.3 Å². The van der Waals surface area contributed by atoms with Crippen molar-refractivity contribution in [2.75, 3.05) is 7.11 Å². The van der Waals surface area contributed by atoms with Crippen molar-refractivity contribution in [3.05, 3.63) is 39.6 Å². The van der Waals surface area contributed by atoms with Gasteiger partial charge in [-0.05, 0) is 36.4 Å². The zero-order valence-corrected chi connectivity index (χ0v) is 11.3. The highest BCUT2D eigenvalue weighted by Crippen LogP contribution is 2.37. The van der Waals surface area contributed by atoms with E-state index in [4.69, 9.17) is 4.74 Å². The molecule has 0 atom stereocenters. The van der Waals surface area contributed by atoms with Crippen LogP contribution in [0.1, 0.15) is 21.5 Å². The molecule has 1 N–H and O–H groups in total. The van der Waals surface area contributed by atoms with Gasteiger partial charge in [0.15, 0.2) is 0 Å². The van der Waals surface area contributed by atoms with Crippen LogP contribution in [0.5, 0.6) is 5.75 Å². The Morgan fingerprint density at radius 2 is 2.00 bits per heavy atom. The largest absolute Gasteiger partial charge is 0.496 e. The zero-order chi connectivity index (χ0) is 13.3. The van der Waals surface area contributed by atoms with Crippen molar-refractivity contribution in [1.29, 1.82) is 0 Å². The van der Waals surface area contributed by atoms with Crippen LogP contribution in [0.2, 0.25) is 0 Å². The molecule has 0 aliphatic rings. The van der Waals surface area contributed by atoms with Crippen molar-refractivity contribution in [3.8, 4) is 16.9 Å². The molecule has 0 fully saturated rings. The highest BCUT2D eigenvalue weighted by Gasteiger charge is 2.18. The summed E-state index contributed by atoms with van der Waals surface area (Å²) in [5.41, 5.74) is 4.03. The van der Waals surface area contributed by atoms with E-state index in [1.807, 2.05) is 31.4 Å². The fraction of sp³-hybridized carbons (Fsp3) is 0.214. The molecule has 94 valence electrons. The van der Waals surface area contributed by atoms with E-state index in [9.17, 15) is 9.90 Å². The summed E-state index contributed by atoms with van der Waals surface area (Å²) in [5.74, 6) is -0.193. The molecule has 1 heterocycles. The lowest BCUT2D eigenvalue weighted by Crippen LogP contribution is -1.99. The van der Waals surface area contributed by atoms with Crippen molar-refractivity contribution in [2.24, 2.45) is 0 Å². The van der Waals surface area contributed by atoms with Crippen LogP contribution < -0.4 is 4.74 Å². The highest BCUT2D eigenvalue weighted by molar-refractivity contribution is 7.08. The van der Waals surface area contributed by atoms with E-state index >= 15 is 0 Å². The number of rotatable bonds is 3. The van der Waals surface area contributed by atoms with Gasteiger partial charge >= 0.3 is 5.97 Å². The first-order chi connectivity index (χ1) is 8.54. The average Bonchev–Trinajstić information content (AvgIpc) is 2.76. The first-order valence-electron chi connectivity index (χ1n) is 5.49. The van der Waals surface area contributed by atoms with Gasteiger partial charge in [-0.1, -0.05) is 6.07 Å². The number of benzene rings is 1. The summed E-state index contributed by atoms with van der Waals surface area (Å²) >= 11 is 1.39. The molecule has 0 radical (unpaired) electrons. The molecule has 0 saturated heterocycles. The summed E-state index contributed by atoms with van der Waals surface area (Å²) in [5, 5.41) is 12.7. The van der Waals surface area contributed by atoms with Gasteiger partial charge < -0.3 is 9.84 Å². The SMILES string of the molecule is COc1cc(C)cc(C)c1-c1cscc1C(=O)O. The predicted octanol–water partition coefficient (Wildman–Crippen LogP) is 3.74. The van der Waals surface area contributed by atoms with Crippen molar-refractivity contribution < 1.29 is 14.6 Å². The lowest BCUT2D eigenvalue weighted by Gasteiger charge is -2.13. The Morgan fingerprint density at radius 3 is 2.61 bits per heavy atom. The van der Waals surface area contributed by atoms with Crippen LogP contribution in [-0.2, 0) is 0 Å². The number of hydrogen-bond acceptors (Lipinski definition) is 3. The maximum Gasteiger partial charge on any atom is 0.337 e. The van der Waals surface area contributed by atoms with E-state index in [1.165, 1.54) is 11.3 Å². The molecule has 0 bridgehead atoms. The molecule has 1 aromatic carbocycles. The van der Waals surface area contributed by atoms with Crippen LogP contribution in [0.4, 0.5) is 0 Å². The molecule has 0 aliphatic heterocycles. The van der Waals surface area contributed by atoms with Crippen LogP contribution in [0, 0.1) is 13.8 Å². The van der Waals surface area contributed by atoms with Gasteiger partial charge in [0.05, 0.1) is 12.7 Å². The van der Waals surface area contributed by atoms with E-state index in [-0.39, 0.29) is 0 Å². The Kier molecular flexibility index (Phi) is 3.39. The standard InChI is InChI=1S/C14H14O3S/c1-8-4-9(2)13(12(5-8)17-3)10-6-18-7-11(10)14(15)16/h4-7H,1-3H3,(H,15,16). The molecule has 18 heavy (non-hydrogen) atoms. The Bertz CT molecular complexity index is 599. The Hall–Kier alpha value is -1.81.